The summed E-state index contributed by atoms with van der Waals surface area (Å²) in [5.74, 6) is 0. The Morgan fingerprint density at radius 3 is 1.42 bits per heavy atom. The van der Waals surface area contributed by atoms with Gasteiger partial charge in [0.2, 0.25) is 0 Å². The van der Waals surface area contributed by atoms with Gasteiger partial charge in [-0.05, 0) is 111 Å². The Kier molecular flexibility index (Phi) is 6.29. The Hall–Kier alpha value is -3.14. The fraction of sp³-hybridized carbons (Fsp3) is 0.379. The summed E-state index contributed by atoms with van der Waals surface area (Å²) in [4.78, 5) is 16.7. The molecule has 0 aliphatic carbocycles. The molecule has 2 aliphatic heterocycles. The number of H-pyrrole nitrogens is 2. The minimum atomic E-state index is 0.867. The molecule has 0 unspecified atom stereocenters. The second-order valence-electron chi connectivity index (χ2n) is 9.27. The van der Waals surface area contributed by atoms with Crippen molar-refractivity contribution in [1.29, 1.82) is 0 Å². The predicted molar refractivity (Wildman–Crippen MR) is 142 cm³/mol. The van der Waals surface area contributed by atoms with Crippen LogP contribution >= 0.6 is 0 Å². The molecule has 4 heterocycles. The molecule has 0 atom stereocenters. The Labute approximate surface area is 198 Å². The van der Waals surface area contributed by atoms with Crippen molar-refractivity contribution in [3.8, 4) is 0 Å². The van der Waals surface area contributed by atoms with Gasteiger partial charge in [-0.1, -0.05) is 13.8 Å². The van der Waals surface area contributed by atoms with Crippen LogP contribution in [0.5, 0.6) is 0 Å². The first-order valence-electron chi connectivity index (χ1n) is 12.0. The van der Waals surface area contributed by atoms with Crippen LogP contribution in [0.4, 0.5) is 0 Å². The Bertz CT molecular complexity index is 1190. The van der Waals surface area contributed by atoms with E-state index in [1.807, 2.05) is 0 Å². The predicted octanol–water partition coefficient (Wildman–Crippen LogP) is 7.44. The standard InChI is InChI=1S/C29H36N4/c1-9-22-16(3)14-30-28(22)12-26-18(5)24(20(7)32-26)11-25-19(6)27(33-21(25)8)13-29-23(10-2)17(4)15-31-29/h12-15,30-31H,9-11H2,1-8H3/b26-12-,27-13+. The summed E-state index contributed by atoms with van der Waals surface area (Å²) >= 11 is 0. The zero-order valence-corrected chi connectivity index (χ0v) is 21.3. The van der Waals surface area contributed by atoms with E-state index in [9.17, 15) is 0 Å². The second-order valence-corrected chi connectivity index (χ2v) is 9.27. The average Bonchev–Trinajstić information content (AvgIpc) is 3.47. The van der Waals surface area contributed by atoms with Crippen LogP contribution in [0.25, 0.3) is 12.2 Å². The lowest BCUT2D eigenvalue weighted by atomic mass is 9.93. The molecule has 0 saturated carbocycles. The van der Waals surface area contributed by atoms with Gasteiger partial charge < -0.3 is 9.97 Å². The number of aryl methyl sites for hydroxylation is 2. The van der Waals surface area contributed by atoms with E-state index in [0.29, 0.717) is 0 Å². The van der Waals surface area contributed by atoms with Gasteiger partial charge in [0.25, 0.3) is 0 Å². The lowest BCUT2D eigenvalue weighted by Crippen LogP contribution is -2.02. The number of aliphatic imine (C=N–C) groups is 2. The van der Waals surface area contributed by atoms with Crippen molar-refractivity contribution < 1.29 is 0 Å². The maximum atomic E-state index is 4.94. The van der Waals surface area contributed by atoms with Crippen molar-refractivity contribution in [1.82, 2.24) is 9.97 Å². The van der Waals surface area contributed by atoms with Gasteiger partial charge in [-0.15, -0.1) is 0 Å². The van der Waals surface area contributed by atoms with E-state index >= 15 is 0 Å². The highest BCUT2D eigenvalue weighted by Gasteiger charge is 2.24. The van der Waals surface area contributed by atoms with E-state index in [1.165, 1.54) is 55.9 Å². The molecule has 2 aromatic rings. The lowest BCUT2D eigenvalue weighted by molar-refractivity contribution is 1.11. The summed E-state index contributed by atoms with van der Waals surface area (Å²) < 4.78 is 0. The molecule has 0 amide bonds. The molecule has 172 valence electrons. The van der Waals surface area contributed by atoms with Gasteiger partial charge in [0.1, 0.15) is 0 Å². The molecule has 33 heavy (non-hydrogen) atoms. The van der Waals surface area contributed by atoms with Gasteiger partial charge in [0, 0.05) is 41.6 Å². The van der Waals surface area contributed by atoms with Crippen molar-refractivity contribution in [2.24, 2.45) is 9.98 Å². The molecular weight excluding hydrogens is 404 g/mol. The van der Waals surface area contributed by atoms with Crippen LogP contribution in [-0.4, -0.2) is 21.4 Å². The molecular formula is C29H36N4. The summed E-state index contributed by atoms with van der Waals surface area (Å²) in [6, 6.07) is 0. The molecule has 2 N–H and O–H groups in total. The van der Waals surface area contributed by atoms with Crippen LogP contribution in [-0.2, 0) is 12.8 Å². The number of hydrogen-bond donors (Lipinski definition) is 2. The van der Waals surface area contributed by atoms with Crippen molar-refractivity contribution >= 4 is 23.6 Å². The molecule has 0 radical (unpaired) electrons. The van der Waals surface area contributed by atoms with E-state index in [1.54, 1.807) is 0 Å². The highest BCUT2D eigenvalue weighted by molar-refractivity contribution is 6.09. The van der Waals surface area contributed by atoms with Gasteiger partial charge in [-0.25, -0.2) is 0 Å². The number of aromatic amines is 2. The first-order valence-corrected chi connectivity index (χ1v) is 12.0. The van der Waals surface area contributed by atoms with Crippen LogP contribution in [0, 0.1) is 13.8 Å². The maximum Gasteiger partial charge on any atom is 0.0686 e. The number of aromatic nitrogens is 2. The smallest absolute Gasteiger partial charge is 0.0686 e. The van der Waals surface area contributed by atoms with Crippen LogP contribution in [0.3, 0.4) is 0 Å². The molecule has 0 spiro atoms. The van der Waals surface area contributed by atoms with E-state index in [0.717, 1.165) is 42.1 Å². The van der Waals surface area contributed by atoms with E-state index < -0.39 is 0 Å². The molecule has 0 bridgehead atoms. The van der Waals surface area contributed by atoms with Crippen molar-refractivity contribution in [2.45, 2.75) is 74.7 Å². The van der Waals surface area contributed by atoms with E-state index in [-0.39, 0.29) is 0 Å². The summed E-state index contributed by atoms with van der Waals surface area (Å²) in [5.41, 5.74) is 17.2. The van der Waals surface area contributed by atoms with Crippen molar-refractivity contribution in [2.75, 3.05) is 0 Å². The molecule has 0 saturated heterocycles. The maximum absolute atomic E-state index is 4.94. The number of rotatable bonds is 6. The monoisotopic (exact) mass is 440 g/mol. The summed E-state index contributed by atoms with van der Waals surface area (Å²) in [7, 11) is 0. The highest BCUT2D eigenvalue weighted by Crippen LogP contribution is 2.36. The molecule has 0 fully saturated rings. The molecule has 4 nitrogen and oxygen atoms in total. The number of nitrogens with zero attached hydrogens (tertiary/aromatic N) is 2. The topological polar surface area (TPSA) is 56.3 Å². The third kappa shape index (κ3) is 4.15. The van der Waals surface area contributed by atoms with Gasteiger partial charge in [-0.3, -0.25) is 9.98 Å². The van der Waals surface area contributed by atoms with Crippen molar-refractivity contribution in [3.05, 3.63) is 79.7 Å². The fourth-order valence-corrected chi connectivity index (χ4v) is 5.11. The number of nitrogens with one attached hydrogen (secondary N) is 2. The first kappa shape index (κ1) is 23.0. The summed E-state index contributed by atoms with van der Waals surface area (Å²) in [6.07, 6.45) is 11.5. The zero-order chi connectivity index (χ0) is 23.9. The molecule has 4 heteroatoms. The Balaban J connectivity index is 1.66. The second kappa shape index (κ2) is 9.01. The quantitative estimate of drug-likeness (QED) is 0.469. The first-order chi connectivity index (χ1) is 15.7. The SMILES string of the molecule is CCc1c(C)c[nH]c1/C=C1\N=C(C)C(CC2=C(C)/C(=C\c3[nH]cc(C)c3CC)N=C2C)=C1C. The third-order valence-corrected chi connectivity index (χ3v) is 7.24. The van der Waals surface area contributed by atoms with Gasteiger partial charge in [0.15, 0.2) is 0 Å². The Morgan fingerprint density at radius 2 is 1.06 bits per heavy atom. The molecule has 0 aromatic carbocycles. The summed E-state index contributed by atoms with van der Waals surface area (Å²) in [6.45, 7) is 17.4. The number of allylic oxidation sites excluding steroid dienone is 4. The zero-order valence-electron chi connectivity index (χ0n) is 21.3. The fourth-order valence-electron chi connectivity index (χ4n) is 5.11. The molecule has 4 rings (SSSR count). The average molecular weight is 441 g/mol. The molecule has 2 aromatic heterocycles. The summed E-state index contributed by atoms with van der Waals surface area (Å²) in [5, 5.41) is 0. The third-order valence-electron chi connectivity index (χ3n) is 7.24. The highest BCUT2D eigenvalue weighted by atomic mass is 14.8. The van der Waals surface area contributed by atoms with Crippen LogP contribution in [0.15, 0.2) is 56.1 Å². The van der Waals surface area contributed by atoms with Gasteiger partial charge in [-0.2, -0.15) is 0 Å². The van der Waals surface area contributed by atoms with E-state index in [2.05, 4.69) is 89.9 Å². The number of hydrogen-bond acceptors (Lipinski definition) is 2. The van der Waals surface area contributed by atoms with Crippen LogP contribution in [0.2, 0.25) is 0 Å². The van der Waals surface area contributed by atoms with Crippen molar-refractivity contribution in [3.63, 3.8) is 0 Å². The van der Waals surface area contributed by atoms with Gasteiger partial charge >= 0.3 is 0 Å². The lowest BCUT2D eigenvalue weighted by Gasteiger charge is -2.08. The largest absolute Gasteiger partial charge is 0.361 e. The minimum Gasteiger partial charge on any atom is -0.361 e. The Morgan fingerprint density at radius 1 is 0.667 bits per heavy atom. The van der Waals surface area contributed by atoms with Crippen LogP contribution in [0.1, 0.15) is 81.6 Å². The normalized spacial score (nSPS) is 18.9. The van der Waals surface area contributed by atoms with E-state index in [4.69, 9.17) is 9.98 Å². The van der Waals surface area contributed by atoms with Crippen LogP contribution < -0.4 is 0 Å². The molecule has 2 aliphatic rings. The minimum absolute atomic E-state index is 0.867. The van der Waals surface area contributed by atoms with Gasteiger partial charge in [0.05, 0.1) is 11.4 Å².